The quantitative estimate of drug-likeness (QED) is 0.517. The van der Waals surface area contributed by atoms with Crippen LogP contribution in [0.2, 0.25) is 0 Å². The minimum Gasteiger partial charge on any atom is -0.483 e. The fraction of sp³-hybridized carbons (Fsp3) is 0.250. The maximum absolute atomic E-state index is 12.2. The van der Waals surface area contributed by atoms with E-state index in [1.165, 1.54) is 16.7 Å². The molecule has 0 bridgehead atoms. The summed E-state index contributed by atoms with van der Waals surface area (Å²) in [6.07, 6.45) is 4.41. The second-order valence-electron chi connectivity index (χ2n) is 7.96. The van der Waals surface area contributed by atoms with Crippen LogP contribution in [0.3, 0.4) is 0 Å². The molecule has 2 aromatic carbocycles. The molecular formula is C24H25BrN2O2. The van der Waals surface area contributed by atoms with Crippen LogP contribution in [0.5, 0.6) is 5.75 Å². The summed E-state index contributed by atoms with van der Waals surface area (Å²) in [5.74, 6) is 0.458. The number of nitrogens with one attached hydrogen (secondary N) is 1. The highest BCUT2D eigenvalue weighted by Gasteiger charge is 2.15. The third-order valence-corrected chi connectivity index (χ3v) is 5.17. The van der Waals surface area contributed by atoms with Gasteiger partial charge in [-0.05, 0) is 80.9 Å². The van der Waals surface area contributed by atoms with Crippen molar-refractivity contribution in [2.24, 2.45) is 0 Å². The Kier molecular flexibility index (Phi) is 6.70. The zero-order valence-corrected chi connectivity index (χ0v) is 18.5. The van der Waals surface area contributed by atoms with Gasteiger partial charge in [-0.1, -0.05) is 39.0 Å². The summed E-state index contributed by atoms with van der Waals surface area (Å²) in [6.45, 7) is 6.42. The van der Waals surface area contributed by atoms with Crippen molar-refractivity contribution in [3.8, 4) is 5.75 Å². The van der Waals surface area contributed by atoms with Crippen molar-refractivity contribution in [2.45, 2.75) is 32.6 Å². The Balaban J connectivity index is 1.53. The lowest BCUT2D eigenvalue weighted by Gasteiger charge is -2.20. The number of rotatable bonds is 6. The average molecular weight is 453 g/mol. The van der Waals surface area contributed by atoms with E-state index >= 15 is 0 Å². The predicted molar refractivity (Wildman–Crippen MR) is 120 cm³/mol. The van der Waals surface area contributed by atoms with E-state index in [2.05, 4.69) is 47.0 Å². The van der Waals surface area contributed by atoms with E-state index in [-0.39, 0.29) is 17.9 Å². The Hall–Kier alpha value is -2.66. The van der Waals surface area contributed by atoms with E-state index in [1.54, 1.807) is 12.4 Å². The largest absolute Gasteiger partial charge is 0.483 e. The smallest absolute Gasteiger partial charge is 0.262 e. The third-order valence-electron chi connectivity index (χ3n) is 4.55. The number of benzene rings is 2. The molecule has 0 aliphatic carbocycles. The van der Waals surface area contributed by atoms with Crippen LogP contribution >= 0.6 is 15.9 Å². The van der Waals surface area contributed by atoms with Crippen molar-refractivity contribution < 1.29 is 9.53 Å². The first-order valence-electron chi connectivity index (χ1n) is 9.52. The van der Waals surface area contributed by atoms with E-state index in [9.17, 15) is 4.79 Å². The number of carbonyl (C=O) groups is 1. The Labute approximate surface area is 180 Å². The molecule has 1 heterocycles. The van der Waals surface area contributed by atoms with Gasteiger partial charge in [-0.2, -0.15) is 0 Å². The molecule has 0 radical (unpaired) electrons. The van der Waals surface area contributed by atoms with Gasteiger partial charge in [-0.25, -0.2) is 0 Å². The standard InChI is InChI=1S/C24H25BrN2O2/c1-24(2,3)19-6-9-22(21(25)15-19)29-16-23(28)27-20-7-4-17(5-8-20)14-18-10-12-26-13-11-18/h4-13,15H,14,16H2,1-3H3,(H,27,28). The lowest BCUT2D eigenvalue weighted by atomic mass is 9.87. The molecule has 4 nitrogen and oxygen atoms in total. The molecule has 29 heavy (non-hydrogen) atoms. The third kappa shape index (κ3) is 6.16. The van der Waals surface area contributed by atoms with Crippen LogP contribution in [0.25, 0.3) is 0 Å². The van der Waals surface area contributed by atoms with Gasteiger partial charge < -0.3 is 10.1 Å². The summed E-state index contributed by atoms with van der Waals surface area (Å²) in [4.78, 5) is 16.3. The van der Waals surface area contributed by atoms with E-state index in [4.69, 9.17) is 4.74 Å². The molecule has 0 unspecified atom stereocenters. The molecule has 0 fully saturated rings. The first-order valence-corrected chi connectivity index (χ1v) is 10.3. The van der Waals surface area contributed by atoms with Gasteiger partial charge in [0.15, 0.2) is 6.61 Å². The molecule has 0 saturated carbocycles. The minimum absolute atomic E-state index is 0.0494. The van der Waals surface area contributed by atoms with Gasteiger partial charge in [-0.3, -0.25) is 9.78 Å². The predicted octanol–water partition coefficient (Wildman–Crippen LogP) is 5.75. The minimum atomic E-state index is -0.196. The number of carbonyl (C=O) groups excluding carboxylic acids is 1. The second kappa shape index (κ2) is 9.23. The van der Waals surface area contributed by atoms with E-state index in [0.29, 0.717) is 5.75 Å². The van der Waals surface area contributed by atoms with Crippen LogP contribution in [0.4, 0.5) is 5.69 Å². The summed E-state index contributed by atoms with van der Waals surface area (Å²) < 4.78 is 6.52. The van der Waals surface area contributed by atoms with Crippen LogP contribution < -0.4 is 10.1 Å². The summed E-state index contributed by atoms with van der Waals surface area (Å²) in [6, 6.07) is 17.8. The second-order valence-corrected chi connectivity index (χ2v) is 8.82. The SMILES string of the molecule is CC(C)(C)c1ccc(OCC(=O)Nc2ccc(Cc3ccncc3)cc2)c(Br)c1. The molecule has 1 aromatic heterocycles. The van der Waals surface area contributed by atoms with Gasteiger partial charge in [0.2, 0.25) is 0 Å². The summed E-state index contributed by atoms with van der Waals surface area (Å²) in [7, 11) is 0. The highest BCUT2D eigenvalue weighted by Crippen LogP contribution is 2.31. The highest BCUT2D eigenvalue weighted by atomic mass is 79.9. The Morgan fingerprint density at radius 1 is 1.00 bits per heavy atom. The lowest BCUT2D eigenvalue weighted by molar-refractivity contribution is -0.118. The van der Waals surface area contributed by atoms with Gasteiger partial charge in [0.05, 0.1) is 4.47 Å². The molecule has 150 valence electrons. The highest BCUT2D eigenvalue weighted by molar-refractivity contribution is 9.10. The van der Waals surface area contributed by atoms with Crippen molar-refractivity contribution in [3.63, 3.8) is 0 Å². The maximum atomic E-state index is 12.2. The van der Waals surface area contributed by atoms with Crippen LogP contribution in [0.15, 0.2) is 71.5 Å². The molecule has 0 aliphatic rings. The number of anilines is 1. The fourth-order valence-corrected chi connectivity index (χ4v) is 3.36. The van der Waals surface area contributed by atoms with Gasteiger partial charge in [-0.15, -0.1) is 0 Å². The molecule has 5 heteroatoms. The molecule has 1 N–H and O–H groups in total. The van der Waals surface area contributed by atoms with Crippen LogP contribution in [-0.4, -0.2) is 17.5 Å². The van der Waals surface area contributed by atoms with Crippen molar-refractivity contribution in [2.75, 3.05) is 11.9 Å². The number of halogens is 1. The number of nitrogens with zero attached hydrogens (tertiary/aromatic N) is 1. The van der Waals surface area contributed by atoms with Gasteiger partial charge >= 0.3 is 0 Å². The molecule has 3 aromatic rings. The monoisotopic (exact) mass is 452 g/mol. The van der Waals surface area contributed by atoms with E-state index in [1.807, 2.05) is 54.6 Å². The van der Waals surface area contributed by atoms with E-state index in [0.717, 1.165) is 16.6 Å². The molecule has 1 amide bonds. The first-order chi connectivity index (χ1) is 13.8. The molecule has 0 aliphatic heterocycles. The van der Waals surface area contributed by atoms with Gasteiger partial charge in [0.25, 0.3) is 5.91 Å². The number of aromatic nitrogens is 1. The van der Waals surface area contributed by atoms with Gasteiger partial charge in [0.1, 0.15) is 5.75 Å². The first kappa shape index (κ1) is 21.1. The summed E-state index contributed by atoms with van der Waals surface area (Å²) >= 11 is 3.53. The lowest BCUT2D eigenvalue weighted by Crippen LogP contribution is -2.20. The van der Waals surface area contributed by atoms with Crippen LogP contribution in [-0.2, 0) is 16.6 Å². The molecular weight excluding hydrogens is 428 g/mol. The number of pyridine rings is 1. The number of hydrogen-bond acceptors (Lipinski definition) is 3. The van der Waals surface area contributed by atoms with Gasteiger partial charge in [0, 0.05) is 18.1 Å². The van der Waals surface area contributed by atoms with Crippen molar-refractivity contribution in [1.29, 1.82) is 0 Å². The molecule has 3 rings (SSSR count). The molecule has 0 saturated heterocycles. The summed E-state index contributed by atoms with van der Waals surface area (Å²) in [5.41, 5.74) is 4.39. The molecule has 0 atom stereocenters. The van der Waals surface area contributed by atoms with Crippen molar-refractivity contribution >= 4 is 27.5 Å². The zero-order chi connectivity index (χ0) is 20.9. The average Bonchev–Trinajstić information content (AvgIpc) is 2.68. The maximum Gasteiger partial charge on any atom is 0.262 e. The zero-order valence-electron chi connectivity index (χ0n) is 16.9. The van der Waals surface area contributed by atoms with Crippen LogP contribution in [0.1, 0.15) is 37.5 Å². The number of amides is 1. The van der Waals surface area contributed by atoms with Crippen molar-refractivity contribution in [3.05, 3.63) is 88.2 Å². The fourth-order valence-electron chi connectivity index (χ4n) is 2.87. The van der Waals surface area contributed by atoms with Crippen molar-refractivity contribution in [1.82, 2.24) is 4.98 Å². The van der Waals surface area contributed by atoms with E-state index < -0.39 is 0 Å². The topological polar surface area (TPSA) is 51.2 Å². The number of hydrogen-bond donors (Lipinski definition) is 1. The summed E-state index contributed by atoms with van der Waals surface area (Å²) in [5, 5.41) is 2.87. The Morgan fingerprint density at radius 2 is 1.66 bits per heavy atom. The molecule has 0 spiro atoms. The van der Waals surface area contributed by atoms with Crippen LogP contribution in [0, 0.1) is 0 Å². The Morgan fingerprint density at radius 3 is 2.28 bits per heavy atom. The number of ether oxygens (including phenoxy) is 1. The Bertz CT molecular complexity index is 964. The normalized spacial score (nSPS) is 11.2.